The van der Waals surface area contributed by atoms with Gasteiger partial charge in [-0.15, -0.1) is 5.10 Å². The van der Waals surface area contributed by atoms with Gasteiger partial charge in [0.2, 0.25) is 5.95 Å². The van der Waals surface area contributed by atoms with E-state index >= 15 is 0 Å². The Kier molecular flexibility index (Phi) is 2.37. The number of nitrogen functional groups attached to an aromatic ring is 1. The molecule has 0 atom stereocenters. The van der Waals surface area contributed by atoms with E-state index in [0.29, 0.717) is 11.9 Å². The summed E-state index contributed by atoms with van der Waals surface area (Å²) in [7, 11) is 0. The van der Waals surface area contributed by atoms with E-state index in [-0.39, 0.29) is 5.95 Å². The zero-order valence-corrected chi connectivity index (χ0v) is 10.7. The molecule has 2 N–H and O–H groups in total. The predicted octanol–water partition coefficient (Wildman–Crippen LogP) is 0.373. The number of rotatable bonds is 2. The maximum Gasteiger partial charge on any atom is 0.259 e. The van der Waals surface area contributed by atoms with Gasteiger partial charge in [0, 0.05) is 12.4 Å². The number of hydrogen-bond acceptors (Lipinski definition) is 7. The molecule has 0 fully saturated rings. The molecule has 0 amide bonds. The maximum atomic E-state index is 5.75. The minimum Gasteiger partial charge on any atom is -0.368 e. The second kappa shape index (κ2) is 4.34. The highest BCUT2D eigenvalue weighted by Gasteiger charge is 2.12. The molecule has 0 radical (unpaired) electrons. The molecular weight excluding hydrogens is 270 g/mol. The van der Waals surface area contributed by atoms with Gasteiger partial charge in [-0.25, -0.2) is 4.68 Å². The van der Waals surface area contributed by atoms with Gasteiger partial charge in [0.1, 0.15) is 5.52 Å². The minimum absolute atomic E-state index is 0.0880. The van der Waals surface area contributed by atoms with Crippen LogP contribution in [0.1, 0.15) is 0 Å². The van der Waals surface area contributed by atoms with E-state index in [0.717, 1.165) is 11.0 Å². The summed E-state index contributed by atoms with van der Waals surface area (Å²) in [5, 5.41) is 12.2. The standard InChI is InChI=1S/C12H9N9/c13-10-15-11(20-7-3-6-14-20)17-12(16-10)21-9-5-2-1-4-8(9)18-19-21/h1-7H,(H2,13,15,16,17). The summed E-state index contributed by atoms with van der Waals surface area (Å²) >= 11 is 0. The second-order valence-electron chi connectivity index (χ2n) is 4.23. The zero-order chi connectivity index (χ0) is 14.2. The van der Waals surface area contributed by atoms with Crippen LogP contribution >= 0.6 is 0 Å². The monoisotopic (exact) mass is 279 g/mol. The Balaban J connectivity index is 1.93. The Morgan fingerprint density at radius 3 is 2.67 bits per heavy atom. The van der Waals surface area contributed by atoms with Crippen LogP contribution in [0.5, 0.6) is 0 Å². The van der Waals surface area contributed by atoms with Gasteiger partial charge in [-0.1, -0.05) is 17.3 Å². The summed E-state index contributed by atoms with van der Waals surface area (Å²) in [6.07, 6.45) is 3.35. The summed E-state index contributed by atoms with van der Waals surface area (Å²) in [6.45, 7) is 0. The Labute approximate surface area is 118 Å². The maximum absolute atomic E-state index is 5.75. The van der Waals surface area contributed by atoms with Crippen LogP contribution in [-0.4, -0.2) is 39.7 Å². The first-order valence-electron chi connectivity index (χ1n) is 6.14. The van der Waals surface area contributed by atoms with Gasteiger partial charge in [0.15, 0.2) is 0 Å². The number of anilines is 1. The van der Waals surface area contributed by atoms with Crippen molar-refractivity contribution in [3.8, 4) is 11.9 Å². The lowest BCUT2D eigenvalue weighted by molar-refractivity contribution is 0.735. The number of nitrogens with zero attached hydrogens (tertiary/aromatic N) is 8. The van der Waals surface area contributed by atoms with E-state index in [1.807, 2.05) is 24.3 Å². The highest BCUT2D eigenvalue weighted by molar-refractivity contribution is 5.75. The summed E-state index contributed by atoms with van der Waals surface area (Å²) in [5.41, 5.74) is 7.28. The number of para-hydroxylation sites is 1. The molecule has 0 unspecified atom stereocenters. The van der Waals surface area contributed by atoms with E-state index in [1.54, 1.807) is 18.5 Å². The van der Waals surface area contributed by atoms with E-state index < -0.39 is 0 Å². The van der Waals surface area contributed by atoms with Crippen molar-refractivity contribution in [3.63, 3.8) is 0 Å². The lowest BCUT2D eigenvalue weighted by Crippen LogP contribution is -2.12. The SMILES string of the molecule is Nc1nc(-n2cccn2)nc(-n2nnc3ccccc32)n1. The fourth-order valence-corrected chi connectivity index (χ4v) is 1.97. The van der Waals surface area contributed by atoms with Crippen LogP contribution in [0.15, 0.2) is 42.7 Å². The molecule has 0 aliphatic carbocycles. The number of benzene rings is 1. The molecule has 0 spiro atoms. The molecular formula is C12H9N9. The number of aromatic nitrogens is 8. The Morgan fingerprint density at radius 1 is 0.952 bits per heavy atom. The molecule has 0 saturated heterocycles. The molecule has 102 valence electrons. The molecule has 0 aliphatic rings. The first-order chi connectivity index (χ1) is 10.3. The molecule has 4 rings (SSSR count). The van der Waals surface area contributed by atoms with E-state index in [4.69, 9.17) is 5.73 Å². The van der Waals surface area contributed by atoms with Crippen LogP contribution in [0.2, 0.25) is 0 Å². The fraction of sp³-hybridized carbons (Fsp3) is 0. The molecule has 3 aromatic heterocycles. The third kappa shape index (κ3) is 1.87. The molecule has 0 aliphatic heterocycles. The summed E-state index contributed by atoms with van der Waals surface area (Å²) in [4.78, 5) is 12.5. The quantitative estimate of drug-likeness (QED) is 0.564. The summed E-state index contributed by atoms with van der Waals surface area (Å²) in [5.74, 6) is 0.703. The molecule has 9 nitrogen and oxygen atoms in total. The summed E-state index contributed by atoms with van der Waals surface area (Å²) < 4.78 is 3.01. The Morgan fingerprint density at radius 2 is 1.81 bits per heavy atom. The third-order valence-corrected chi connectivity index (χ3v) is 2.88. The van der Waals surface area contributed by atoms with E-state index in [2.05, 4.69) is 30.4 Å². The van der Waals surface area contributed by atoms with Crippen LogP contribution in [-0.2, 0) is 0 Å². The highest BCUT2D eigenvalue weighted by Crippen LogP contribution is 2.14. The van der Waals surface area contributed by atoms with Crippen LogP contribution in [0.25, 0.3) is 22.9 Å². The van der Waals surface area contributed by atoms with Gasteiger partial charge in [-0.3, -0.25) is 0 Å². The Bertz CT molecular complexity index is 910. The topological polar surface area (TPSA) is 113 Å². The van der Waals surface area contributed by atoms with Crippen molar-refractivity contribution in [1.82, 2.24) is 39.7 Å². The van der Waals surface area contributed by atoms with Gasteiger partial charge >= 0.3 is 0 Å². The number of hydrogen-bond donors (Lipinski definition) is 1. The van der Waals surface area contributed by atoms with Crippen molar-refractivity contribution < 1.29 is 0 Å². The van der Waals surface area contributed by atoms with Crippen molar-refractivity contribution >= 4 is 17.0 Å². The van der Waals surface area contributed by atoms with Crippen molar-refractivity contribution in [3.05, 3.63) is 42.7 Å². The van der Waals surface area contributed by atoms with Crippen molar-refractivity contribution in [2.75, 3.05) is 5.73 Å². The van der Waals surface area contributed by atoms with Gasteiger partial charge in [-0.05, 0) is 18.2 Å². The molecule has 3 heterocycles. The average Bonchev–Trinajstić information content (AvgIpc) is 3.16. The number of fused-ring (bicyclic) bond motifs is 1. The molecule has 4 aromatic rings. The van der Waals surface area contributed by atoms with Crippen LogP contribution < -0.4 is 5.73 Å². The molecule has 0 saturated carbocycles. The van der Waals surface area contributed by atoms with Gasteiger partial charge < -0.3 is 5.73 Å². The average molecular weight is 279 g/mol. The van der Waals surface area contributed by atoms with Gasteiger partial charge in [-0.2, -0.15) is 24.7 Å². The van der Waals surface area contributed by atoms with E-state index in [1.165, 1.54) is 9.36 Å². The van der Waals surface area contributed by atoms with Gasteiger partial charge in [0.25, 0.3) is 11.9 Å². The second-order valence-corrected chi connectivity index (χ2v) is 4.23. The Hall–Kier alpha value is -3.36. The summed E-state index contributed by atoms with van der Waals surface area (Å²) in [6, 6.07) is 9.28. The fourth-order valence-electron chi connectivity index (χ4n) is 1.97. The molecule has 21 heavy (non-hydrogen) atoms. The first kappa shape index (κ1) is 11.5. The highest BCUT2D eigenvalue weighted by atomic mass is 15.5. The third-order valence-electron chi connectivity index (χ3n) is 2.88. The predicted molar refractivity (Wildman–Crippen MR) is 73.8 cm³/mol. The van der Waals surface area contributed by atoms with Crippen molar-refractivity contribution in [1.29, 1.82) is 0 Å². The van der Waals surface area contributed by atoms with E-state index in [9.17, 15) is 0 Å². The normalized spacial score (nSPS) is 11.0. The van der Waals surface area contributed by atoms with Crippen molar-refractivity contribution in [2.24, 2.45) is 0 Å². The molecule has 0 bridgehead atoms. The zero-order valence-electron chi connectivity index (χ0n) is 10.7. The lowest BCUT2D eigenvalue weighted by Gasteiger charge is -2.04. The van der Waals surface area contributed by atoms with Crippen LogP contribution in [0.3, 0.4) is 0 Å². The minimum atomic E-state index is 0.0880. The van der Waals surface area contributed by atoms with Gasteiger partial charge in [0.05, 0.1) is 5.52 Å². The van der Waals surface area contributed by atoms with Crippen LogP contribution in [0.4, 0.5) is 5.95 Å². The smallest absolute Gasteiger partial charge is 0.259 e. The number of nitrogens with two attached hydrogens (primary N) is 1. The first-order valence-corrected chi connectivity index (χ1v) is 6.14. The van der Waals surface area contributed by atoms with Crippen LogP contribution in [0, 0.1) is 0 Å². The van der Waals surface area contributed by atoms with Crippen molar-refractivity contribution in [2.45, 2.75) is 0 Å². The lowest BCUT2D eigenvalue weighted by atomic mass is 10.3. The molecule has 9 heteroatoms. The molecule has 1 aromatic carbocycles. The largest absolute Gasteiger partial charge is 0.368 e.